The molecule has 0 aromatic rings. The summed E-state index contributed by atoms with van der Waals surface area (Å²) in [7, 11) is 0. The summed E-state index contributed by atoms with van der Waals surface area (Å²) in [5.74, 6) is 0.365. The van der Waals surface area contributed by atoms with Crippen molar-refractivity contribution < 1.29 is 14.7 Å². The lowest BCUT2D eigenvalue weighted by atomic mass is 9.95. The van der Waals surface area contributed by atoms with Gasteiger partial charge in [-0.1, -0.05) is 5.16 Å². The van der Waals surface area contributed by atoms with E-state index in [2.05, 4.69) is 5.16 Å². The molecule has 0 bridgehead atoms. The maximum atomic E-state index is 12.2. The predicted octanol–water partition coefficient (Wildman–Crippen LogP) is 0.00790. The highest BCUT2D eigenvalue weighted by Crippen LogP contribution is 2.21. The van der Waals surface area contributed by atoms with Crippen molar-refractivity contribution in [3.63, 3.8) is 0 Å². The number of carbonyl (C=O) groups is 1. The lowest BCUT2D eigenvalue weighted by molar-refractivity contribution is -0.136. The number of carbonyl (C=O) groups excluding carboxylic acids is 1. The Labute approximate surface area is 100 Å². The van der Waals surface area contributed by atoms with Gasteiger partial charge >= 0.3 is 0 Å². The third-order valence-corrected chi connectivity index (χ3v) is 3.55. The Balaban J connectivity index is 1.94. The van der Waals surface area contributed by atoms with Crippen LogP contribution in [-0.2, 0) is 9.53 Å². The molecule has 17 heavy (non-hydrogen) atoms. The van der Waals surface area contributed by atoms with E-state index in [9.17, 15) is 4.79 Å². The number of piperidine rings is 1. The molecule has 96 valence electrons. The van der Waals surface area contributed by atoms with E-state index in [0.717, 1.165) is 25.8 Å². The number of amides is 1. The van der Waals surface area contributed by atoms with Gasteiger partial charge in [-0.15, -0.1) is 0 Å². The monoisotopic (exact) mass is 241 g/mol. The molecule has 0 aliphatic carbocycles. The number of hydrogen-bond donors (Lipinski definition) is 2. The fraction of sp³-hybridized carbons (Fsp3) is 0.818. The molecule has 2 rings (SSSR count). The van der Waals surface area contributed by atoms with Crippen LogP contribution < -0.4 is 5.73 Å². The summed E-state index contributed by atoms with van der Waals surface area (Å²) in [5, 5.41) is 11.7. The molecule has 0 aromatic carbocycles. The maximum Gasteiger partial charge on any atom is 0.228 e. The fourth-order valence-corrected chi connectivity index (χ4v) is 2.49. The fourth-order valence-electron chi connectivity index (χ4n) is 2.49. The summed E-state index contributed by atoms with van der Waals surface area (Å²) in [6.45, 7) is 2.53. The average molecular weight is 241 g/mol. The molecule has 2 unspecified atom stereocenters. The molecule has 0 radical (unpaired) electrons. The zero-order chi connectivity index (χ0) is 12.3. The van der Waals surface area contributed by atoms with E-state index >= 15 is 0 Å². The molecule has 6 nitrogen and oxygen atoms in total. The molecule has 6 heteroatoms. The Bertz CT molecular complexity index is 313. The van der Waals surface area contributed by atoms with Crippen LogP contribution in [0, 0.1) is 11.8 Å². The van der Waals surface area contributed by atoms with Crippen LogP contribution in [0.3, 0.4) is 0 Å². The molecule has 2 fully saturated rings. The molecule has 3 N–H and O–H groups in total. The molecule has 0 spiro atoms. The van der Waals surface area contributed by atoms with E-state index in [0.29, 0.717) is 19.8 Å². The summed E-state index contributed by atoms with van der Waals surface area (Å²) in [5.41, 5.74) is 5.60. The lowest BCUT2D eigenvalue weighted by Gasteiger charge is -2.33. The number of amidine groups is 1. The van der Waals surface area contributed by atoms with E-state index in [4.69, 9.17) is 15.7 Å². The lowest BCUT2D eigenvalue weighted by Crippen LogP contribution is -2.46. The summed E-state index contributed by atoms with van der Waals surface area (Å²) >= 11 is 0. The highest BCUT2D eigenvalue weighted by Gasteiger charge is 2.32. The van der Waals surface area contributed by atoms with Crippen molar-refractivity contribution in [1.82, 2.24) is 4.90 Å². The minimum atomic E-state index is -0.0139. The van der Waals surface area contributed by atoms with Crippen LogP contribution in [0.5, 0.6) is 0 Å². The normalized spacial score (nSPS) is 30.6. The first-order valence-corrected chi connectivity index (χ1v) is 6.06. The molecular weight excluding hydrogens is 222 g/mol. The Hall–Kier alpha value is -1.30. The molecule has 2 aliphatic rings. The second kappa shape index (κ2) is 5.35. The highest BCUT2D eigenvalue weighted by atomic mass is 16.5. The molecule has 2 aliphatic heterocycles. The van der Waals surface area contributed by atoms with Crippen molar-refractivity contribution in [3.05, 3.63) is 0 Å². The summed E-state index contributed by atoms with van der Waals surface area (Å²) in [4.78, 5) is 14.0. The topological polar surface area (TPSA) is 88.2 Å². The van der Waals surface area contributed by atoms with Crippen molar-refractivity contribution in [1.29, 1.82) is 0 Å². The second-order valence-electron chi connectivity index (χ2n) is 4.71. The van der Waals surface area contributed by atoms with E-state index in [-0.39, 0.29) is 23.6 Å². The van der Waals surface area contributed by atoms with Crippen molar-refractivity contribution in [3.8, 4) is 0 Å². The first-order chi connectivity index (χ1) is 8.22. The van der Waals surface area contributed by atoms with Gasteiger partial charge in [-0.05, 0) is 19.3 Å². The summed E-state index contributed by atoms with van der Waals surface area (Å²) in [6, 6.07) is 0. The standard InChI is InChI=1S/C11H19N3O3/c12-10(13-16)8-2-1-4-14(6-8)11(15)9-3-5-17-7-9/h8-9,16H,1-7H2,(H2,12,13). The first-order valence-electron chi connectivity index (χ1n) is 6.06. The van der Waals surface area contributed by atoms with Crippen LogP contribution in [0.2, 0.25) is 0 Å². The van der Waals surface area contributed by atoms with Gasteiger partial charge in [-0.3, -0.25) is 4.79 Å². The number of rotatable bonds is 2. The third kappa shape index (κ3) is 2.69. The van der Waals surface area contributed by atoms with Crippen LogP contribution in [0.15, 0.2) is 5.16 Å². The van der Waals surface area contributed by atoms with Gasteiger partial charge in [0, 0.05) is 25.6 Å². The first kappa shape index (κ1) is 12.2. The van der Waals surface area contributed by atoms with Gasteiger partial charge in [0.15, 0.2) is 0 Å². The number of nitrogens with two attached hydrogens (primary N) is 1. The molecule has 2 heterocycles. The third-order valence-electron chi connectivity index (χ3n) is 3.55. The molecular formula is C11H19N3O3. The quantitative estimate of drug-likeness (QED) is 0.308. The van der Waals surface area contributed by atoms with Gasteiger partial charge < -0.3 is 20.6 Å². The number of likely N-dealkylation sites (tertiary alicyclic amines) is 1. The van der Waals surface area contributed by atoms with Crippen molar-refractivity contribution in [2.75, 3.05) is 26.3 Å². The Kier molecular flexibility index (Phi) is 3.83. The Morgan fingerprint density at radius 3 is 2.88 bits per heavy atom. The molecule has 2 saturated heterocycles. The zero-order valence-electron chi connectivity index (χ0n) is 9.84. The largest absolute Gasteiger partial charge is 0.409 e. The van der Waals surface area contributed by atoms with E-state index in [1.165, 1.54) is 0 Å². The molecule has 0 saturated carbocycles. The molecule has 0 aromatic heterocycles. The smallest absolute Gasteiger partial charge is 0.228 e. The predicted molar refractivity (Wildman–Crippen MR) is 61.6 cm³/mol. The van der Waals surface area contributed by atoms with Gasteiger partial charge in [-0.2, -0.15) is 0 Å². The molecule has 2 atom stereocenters. The number of ether oxygens (including phenoxy) is 1. The van der Waals surface area contributed by atoms with Crippen molar-refractivity contribution in [2.45, 2.75) is 19.3 Å². The Morgan fingerprint density at radius 1 is 1.41 bits per heavy atom. The SMILES string of the molecule is NC(=NO)C1CCCN(C(=O)C2CCOC2)C1. The second-order valence-corrected chi connectivity index (χ2v) is 4.71. The van der Waals surface area contributed by atoms with Gasteiger partial charge in [0.05, 0.1) is 12.5 Å². The number of hydrogen-bond acceptors (Lipinski definition) is 4. The molecule has 1 amide bonds. The number of oxime groups is 1. The van der Waals surface area contributed by atoms with E-state index in [1.54, 1.807) is 0 Å². The van der Waals surface area contributed by atoms with Gasteiger partial charge in [0.2, 0.25) is 5.91 Å². The Morgan fingerprint density at radius 2 is 2.24 bits per heavy atom. The van der Waals surface area contributed by atoms with Crippen LogP contribution in [-0.4, -0.2) is 48.2 Å². The summed E-state index contributed by atoms with van der Waals surface area (Å²) < 4.78 is 5.23. The zero-order valence-corrected chi connectivity index (χ0v) is 9.84. The highest BCUT2D eigenvalue weighted by molar-refractivity contribution is 5.84. The van der Waals surface area contributed by atoms with Gasteiger partial charge in [0.25, 0.3) is 0 Å². The minimum absolute atomic E-state index is 0.000963. The van der Waals surface area contributed by atoms with Crippen molar-refractivity contribution >= 4 is 11.7 Å². The summed E-state index contributed by atoms with van der Waals surface area (Å²) in [6.07, 6.45) is 2.59. The van der Waals surface area contributed by atoms with Crippen LogP contribution in [0.1, 0.15) is 19.3 Å². The number of nitrogens with zero attached hydrogens (tertiary/aromatic N) is 2. The van der Waals surface area contributed by atoms with Crippen LogP contribution in [0.25, 0.3) is 0 Å². The minimum Gasteiger partial charge on any atom is -0.409 e. The van der Waals surface area contributed by atoms with Crippen LogP contribution >= 0.6 is 0 Å². The van der Waals surface area contributed by atoms with Crippen molar-refractivity contribution in [2.24, 2.45) is 22.7 Å². The van der Waals surface area contributed by atoms with Crippen LogP contribution in [0.4, 0.5) is 0 Å². The van der Waals surface area contributed by atoms with Gasteiger partial charge in [0.1, 0.15) is 5.84 Å². The van der Waals surface area contributed by atoms with E-state index in [1.807, 2.05) is 4.90 Å². The van der Waals surface area contributed by atoms with E-state index < -0.39 is 0 Å². The van der Waals surface area contributed by atoms with Gasteiger partial charge in [-0.25, -0.2) is 0 Å². The average Bonchev–Trinajstić information content (AvgIpc) is 2.91. The maximum absolute atomic E-state index is 12.2.